The van der Waals surface area contributed by atoms with Crippen LogP contribution in [0.3, 0.4) is 0 Å². The van der Waals surface area contributed by atoms with E-state index in [1.165, 1.54) is 19.3 Å². The van der Waals surface area contributed by atoms with Crippen LogP contribution in [0.5, 0.6) is 0 Å². The molecule has 4 heterocycles. The molecule has 2 aromatic rings. The molecule has 0 aliphatic carbocycles. The SMILES string of the molecule is FC1(F)CNC(c2nc(-c3ccc(N4CCCCC4)nc3)no2)C1. The van der Waals surface area contributed by atoms with Gasteiger partial charge in [0.15, 0.2) is 0 Å². The van der Waals surface area contributed by atoms with Crippen LogP contribution in [0, 0.1) is 0 Å². The van der Waals surface area contributed by atoms with Crippen molar-refractivity contribution in [1.29, 1.82) is 0 Å². The highest BCUT2D eigenvalue weighted by Gasteiger charge is 2.42. The molecule has 1 atom stereocenters. The summed E-state index contributed by atoms with van der Waals surface area (Å²) in [5, 5.41) is 6.61. The van der Waals surface area contributed by atoms with Crippen molar-refractivity contribution in [2.45, 2.75) is 37.6 Å². The highest BCUT2D eigenvalue weighted by molar-refractivity contribution is 5.56. The molecule has 0 saturated carbocycles. The molecule has 4 rings (SSSR count). The average molecular weight is 335 g/mol. The number of alkyl halides is 2. The van der Waals surface area contributed by atoms with E-state index in [0.29, 0.717) is 5.82 Å². The Labute approximate surface area is 138 Å². The molecule has 0 radical (unpaired) electrons. The Balaban J connectivity index is 1.48. The van der Waals surface area contributed by atoms with Gasteiger partial charge < -0.3 is 9.42 Å². The van der Waals surface area contributed by atoms with Gasteiger partial charge in [-0.15, -0.1) is 0 Å². The van der Waals surface area contributed by atoms with E-state index in [-0.39, 0.29) is 18.9 Å². The minimum Gasteiger partial charge on any atom is -0.357 e. The first-order valence-corrected chi connectivity index (χ1v) is 8.27. The standard InChI is InChI=1S/C16H19F2N5O/c17-16(18)8-12(20-10-16)15-21-14(22-24-15)11-4-5-13(19-9-11)23-6-2-1-3-7-23/h4-5,9,12,20H,1-3,6-8,10H2. The monoisotopic (exact) mass is 335 g/mol. The van der Waals surface area contributed by atoms with Crippen molar-refractivity contribution < 1.29 is 13.3 Å². The molecule has 0 amide bonds. The third-order valence-corrected chi connectivity index (χ3v) is 4.54. The van der Waals surface area contributed by atoms with Crippen LogP contribution in [0.15, 0.2) is 22.9 Å². The summed E-state index contributed by atoms with van der Waals surface area (Å²) < 4.78 is 31.7. The molecule has 6 nitrogen and oxygen atoms in total. The fourth-order valence-corrected chi connectivity index (χ4v) is 3.21. The van der Waals surface area contributed by atoms with Crippen LogP contribution in [0.25, 0.3) is 11.4 Å². The van der Waals surface area contributed by atoms with Crippen LogP contribution in [-0.4, -0.2) is 40.7 Å². The number of hydrogen-bond donors (Lipinski definition) is 1. The predicted octanol–water partition coefficient (Wildman–Crippen LogP) is 2.79. The summed E-state index contributed by atoms with van der Waals surface area (Å²) in [6.45, 7) is 1.70. The zero-order valence-corrected chi connectivity index (χ0v) is 13.2. The van der Waals surface area contributed by atoms with Crippen molar-refractivity contribution in [3.8, 4) is 11.4 Å². The fraction of sp³-hybridized carbons (Fsp3) is 0.562. The maximum absolute atomic E-state index is 13.3. The van der Waals surface area contributed by atoms with Crippen molar-refractivity contribution in [2.75, 3.05) is 24.5 Å². The maximum Gasteiger partial charge on any atom is 0.262 e. The molecule has 1 N–H and O–H groups in total. The summed E-state index contributed by atoms with van der Waals surface area (Å²) in [4.78, 5) is 11.0. The normalized spacial score (nSPS) is 23.6. The molecular formula is C16H19F2N5O. The molecule has 0 bridgehead atoms. The fourth-order valence-electron chi connectivity index (χ4n) is 3.21. The van der Waals surface area contributed by atoms with Gasteiger partial charge in [-0.05, 0) is 31.4 Å². The Morgan fingerprint density at radius 1 is 1.21 bits per heavy atom. The molecular weight excluding hydrogens is 316 g/mol. The first kappa shape index (κ1) is 15.4. The molecule has 2 aliphatic heterocycles. The number of piperidine rings is 1. The zero-order chi connectivity index (χ0) is 16.6. The maximum atomic E-state index is 13.3. The van der Waals surface area contributed by atoms with Crippen molar-refractivity contribution in [3.05, 3.63) is 24.2 Å². The third kappa shape index (κ3) is 3.10. The van der Waals surface area contributed by atoms with E-state index >= 15 is 0 Å². The molecule has 2 aliphatic rings. The molecule has 1 unspecified atom stereocenters. The third-order valence-electron chi connectivity index (χ3n) is 4.54. The smallest absolute Gasteiger partial charge is 0.262 e. The Morgan fingerprint density at radius 3 is 2.71 bits per heavy atom. The molecule has 8 heteroatoms. The van der Waals surface area contributed by atoms with Gasteiger partial charge in [0, 0.05) is 31.3 Å². The van der Waals surface area contributed by atoms with E-state index in [2.05, 4.69) is 25.3 Å². The minimum atomic E-state index is -2.73. The van der Waals surface area contributed by atoms with Crippen LogP contribution in [0.1, 0.15) is 37.6 Å². The van der Waals surface area contributed by atoms with Gasteiger partial charge in [-0.25, -0.2) is 13.8 Å². The number of pyridine rings is 1. The van der Waals surface area contributed by atoms with Gasteiger partial charge in [-0.3, -0.25) is 5.32 Å². The van der Waals surface area contributed by atoms with E-state index in [0.717, 1.165) is 24.5 Å². The van der Waals surface area contributed by atoms with Crippen LogP contribution in [0.2, 0.25) is 0 Å². The lowest BCUT2D eigenvalue weighted by atomic mass is 10.1. The quantitative estimate of drug-likeness (QED) is 0.930. The minimum absolute atomic E-state index is 0.197. The molecule has 128 valence electrons. The first-order valence-electron chi connectivity index (χ1n) is 8.27. The Kier molecular flexibility index (Phi) is 3.91. The van der Waals surface area contributed by atoms with Gasteiger partial charge in [0.25, 0.3) is 5.92 Å². The number of hydrogen-bond acceptors (Lipinski definition) is 6. The van der Waals surface area contributed by atoms with E-state index < -0.39 is 12.0 Å². The number of anilines is 1. The Morgan fingerprint density at radius 2 is 2.04 bits per heavy atom. The second-order valence-corrected chi connectivity index (χ2v) is 6.40. The molecule has 2 fully saturated rings. The second-order valence-electron chi connectivity index (χ2n) is 6.40. The number of aromatic nitrogens is 3. The average Bonchev–Trinajstić information content (AvgIpc) is 3.22. The van der Waals surface area contributed by atoms with Crippen LogP contribution >= 0.6 is 0 Å². The number of nitrogens with zero attached hydrogens (tertiary/aromatic N) is 4. The highest BCUT2D eigenvalue weighted by Crippen LogP contribution is 2.33. The second kappa shape index (κ2) is 6.08. The lowest BCUT2D eigenvalue weighted by Crippen LogP contribution is -2.29. The highest BCUT2D eigenvalue weighted by atomic mass is 19.3. The lowest BCUT2D eigenvalue weighted by Gasteiger charge is -2.27. The summed E-state index contributed by atoms with van der Waals surface area (Å²) in [5.74, 6) is -1.21. The van der Waals surface area contributed by atoms with Gasteiger partial charge in [0.1, 0.15) is 5.82 Å². The zero-order valence-electron chi connectivity index (χ0n) is 13.2. The Hall–Kier alpha value is -2.09. The van der Waals surface area contributed by atoms with Gasteiger partial charge >= 0.3 is 0 Å². The Bertz CT molecular complexity index is 697. The summed E-state index contributed by atoms with van der Waals surface area (Å²) in [6.07, 6.45) is 5.04. The topological polar surface area (TPSA) is 67.1 Å². The van der Waals surface area contributed by atoms with Crippen LogP contribution in [-0.2, 0) is 0 Å². The van der Waals surface area contributed by atoms with E-state index in [4.69, 9.17) is 4.52 Å². The van der Waals surface area contributed by atoms with Gasteiger partial charge in [0.2, 0.25) is 11.7 Å². The van der Waals surface area contributed by atoms with E-state index in [1.54, 1.807) is 6.20 Å². The van der Waals surface area contributed by atoms with Crippen molar-refractivity contribution in [3.63, 3.8) is 0 Å². The van der Waals surface area contributed by atoms with E-state index in [1.807, 2.05) is 12.1 Å². The number of halogens is 2. The summed E-state index contributed by atoms with van der Waals surface area (Å²) >= 11 is 0. The van der Waals surface area contributed by atoms with Crippen molar-refractivity contribution in [1.82, 2.24) is 20.4 Å². The number of rotatable bonds is 3. The molecule has 2 aromatic heterocycles. The molecule has 24 heavy (non-hydrogen) atoms. The largest absolute Gasteiger partial charge is 0.357 e. The van der Waals surface area contributed by atoms with Crippen molar-refractivity contribution >= 4 is 5.82 Å². The van der Waals surface area contributed by atoms with Gasteiger partial charge in [-0.1, -0.05) is 5.16 Å². The lowest BCUT2D eigenvalue weighted by molar-refractivity contribution is 0.0200. The summed E-state index contributed by atoms with van der Waals surface area (Å²) in [7, 11) is 0. The predicted molar refractivity (Wildman–Crippen MR) is 83.9 cm³/mol. The van der Waals surface area contributed by atoms with Crippen LogP contribution in [0.4, 0.5) is 14.6 Å². The van der Waals surface area contributed by atoms with Gasteiger partial charge in [0.05, 0.1) is 12.6 Å². The van der Waals surface area contributed by atoms with E-state index in [9.17, 15) is 8.78 Å². The molecule has 0 spiro atoms. The first-order chi connectivity index (χ1) is 11.6. The van der Waals surface area contributed by atoms with Gasteiger partial charge in [-0.2, -0.15) is 4.98 Å². The van der Waals surface area contributed by atoms with Crippen LogP contribution < -0.4 is 10.2 Å². The molecule has 2 saturated heterocycles. The summed E-state index contributed by atoms with van der Waals surface area (Å²) in [6, 6.07) is 3.24. The van der Waals surface area contributed by atoms with Crippen molar-refractivity contribution in [2.24, 2.45) is 0 Å². The summed E-state index contributed by atoms with van der Waals surface area (Å²) in [5.41, 5.74) is 0.718. The molecule has 0 aromatic carbocycles. The number of nitrogens with one attached hydrogen (secondary N) is 1.